The van der Waals surface area contributed by atoms with Crippen LogP contribution in [0, 0.1) is 0 Å². The van der Waals surface area contributed by atoms with Gasteiger partial charge in [-0.05, 0) is 154 Å². The molecular formula is C39H81N7O5. The van der Waals surface area contributed by atoms with Gasteiger partial charge in [0.1, 0.15) is 6.04 Å². The predicted octanol–water partition coefficient (Wildman–Crippen LogP) is 4.17. The van der Waals surface area contributed by atoms with Crippen LogP contribution in [-0.4, -0.2) is 112 Å². The molecule has 302 valence electrons. The van der Waals surface area contributed by atoms with E-state index >= 15 is 0 Å². The smallest absolute Gasteiger partial charge is 0.242 e. The van der Waals surface area contributed by atoms with E-state index in [2.05, 4.69) is 58.0 Å². The molecule has 0 aromatic carbocycles. The summed E-state index contributed by atoms with van der Waals surface area (Å²) >= 11 is 0. The Morgan fingerprint density at radius 3 is 1.43 bits per heavy atom. The van der Waals surface area contributed by atoms with Crippen molar-refractivity contribution < 1.29 is 23.9 Å². The molecule has 0 aliphatic carbocycles. The van der Waals surface area contributed by atoms with Crippen LogP contribution < -0.4 is 37.2 Å². The van der Waals surface area contributed by atoms with Crippen LogP contribution >= 0.6 is 0 Å². The van der Waals surface area contributed by atoms with Gasteiger partial charge < -0.3 is 46.7 Å². The van der Waals surface area contributed by atoms with E-state index in [0.29, 0.717) is 51.8 Å². The molecule has 0 aliphatic heterocycles. The molecule has 0 fully saturated rings. The summed E-state index contributed by atoms with van der Waals surface area (Å²) in [6, 6.07) is -1.37. The van der Waals surface area contributed by atoms with Crippen molar-refractivity contribution in [1.82, 2.24) is 37.2 Å². The zero-order valence-corrected chi connectivity index (χ0v) is 35.1. The Balaban J connectivity index is 5.48. The maximum atomic E-state index is 13.7. The highest BCUT2D eigenvalue weighted by Crippen LogP contribution is 2.19. The van der Waals surface area contributed by atoms with Gasteiger partial charge >= 0.3 is 0 Å². The third-order valence-electron chi connectivity index (χ3n) is 8.81. The minimum absolute atomic E-state index is 0.00182. The number of ether oxygens (including phenoxy) is 2. The highest BCUT2D eigenvalue weighted by Gasteiger charge is 2.29. The fraction of sp³-hybridized carbons (Fsp3) is 0.923. The molecule has 0 saturated heterocycles. The van der Waals surface area contributed by atoms with E-state index in [4.69, 9.17) is 9.47 Å². The Hall–Kier alpha value is -1.83. The van der Waals surface area contributed by atoms with Crippen molar-refractivity contribution in [3.8, 4) is 0 Å². The molecular weight excluding hydrogens is 646 g/mol. The van der Waals surface area contributed by atoms with Crippen LogP contribution in [0.25, 0.3) is 0 Å². The summed E-state index contributed by atoms with van der Waals surface area (Å²) in [5.74, 6) is -0.368. The summed E-state index contributed by atoms with van der Waals surface area (Å²) in [5, 5.41) is 22.5. The number of carbonyl (C=O) groups excluding carboxylic acids is 3. The number of nitrogens with one attached hydrogen (secondary N) is 7. The zero-order chi connectivity index (χ0) is 39.1. The van der Waals surface area contributed by atoms with E-state index in [9.17, 15) is 14.4 Å². The first kappa shape index (κ1) is 49.2. The standard InChI is InChI=1S/C39H81N7O5/c1-36(2,3)45-31(21-14-17-25-40-11)34(48)42-27-19-16-20-30(44-35(49)32(46-37(4,5)6)22-15-18-26-41-12)33(47)43-28-23-39(9,10)51-29-24-38(7,8)50-13/h30-32,40-41,45-46H,14-29H2,1-13H3,(H,42,48)(H,43,47)(H,44,49). The minimum Gasteiger partial charge on any atom is -0.379 e. The number of amides is 3. The van der Waals surface area contributed by atoms with Gasteiger partial charge in [-0.15, -0.1) is 0 Å². The molecule has 51 heavy (non-hydrogen) atoms. The third kappa shape index (κ3) is 26.6. The van der Waals surface area contributed by atoms with Gasteiger partial charge in [0, 0.05) is 31.3 Å². The summed E-state index contributed by atoms with van der Waals surface area (Å²) in [4.78, 5) is 40.4. The molecule has 0 radical (unpaired) electrons. The molecule has 0 aliphatic rings. The number of carbonyl (C=O) groups is 3. The van der Waals surface area contributed by atoms with Crippen LogP contribution in [0.4, 0.5) is 0 Å². The Bertz CT molecular complexity index is 963. The molecule has 12 heteroatoms. The Labute approximate surface area is 312 Å². The van der Waals surface area contributed by atoms with E-state index in [1.54, 1.807) is 7.11 Å². The fourth-order valence-corrected chi connectivity index (χ4v) is 5.59. The van der Waals surface area contributed by atoms with Crippen molar-refractivity contribution in [2.45, 2.75) is 180 Å². The molecule has 0 saturated carbocycles. The number of hydrogen-bond donors (Lipinski definition) is 7. The van der Waals surface area contributed by atoms with Crippen LogP contribution in [0.3, 0.4) is 0 Å². The molecule has 12 nitrogen and oxygen atoms in total. The van der Waals surface area contributed by atoms with E-state index in [1.807, 2.05) is 62.6 Å². The van der Waals surface area contributed by atoms with Gasteiger partial charge in [0.05, 0.1) is 29.9 Å². The van der Waals surface area contributed by atoms with Crippen molar-refractivity contribution in [3.63, 3.8) is 0 Å². The second-order valence-corrected chi connectivity index (χ2v) is 17.3. The van der Waals surface area contributed by atoms with Gasteiger partial charge in [-0.3, -0.25) is 14.4 Å². The largest absolute Gasteiger partial charge is 0.379 e. The maximum Gasteiger partial charge on any atom is 0.242 e. The maximum absolute atomic E-state index is 13.7. The third-order valence-corrected chi connectivity index (χ3v) is 8.81. The summed E-state index contributed by atoms with van der Waals surface area (Å²) < 4.78 is 11.6. The lowest BCUT2D eigenvalue weighted by Crippen LogP contribution is -2.56. The quantitative estimate of drug-likeness (QED) is 0.0563. The van der Waals surface area contributed by atoms with Crippen LogP contribution in [0.15, 0.2) is 0 Å². The van der Waals surface area contributed by atoms with Crippen molar-refractivity contribution >= 4 is 17.7 Å². The predicted molar refractivity (Wildman–Crippen MR) is 211 cm³/mol. The van der Waals surface area contributed by atoms with Crippen molar-refractivity contribution in [2.24, 2.45) is 0 Å². The van der Waals surface area contributed by atoms with Gasteiger partial charge in [-0.2, -0.15) is 0 Å². The van der Waals surface area contributed by atoms with Crippen LogP contribution in [0.2, 0.25) is 0 Å². The van der Waals surface area contributed by atoms with Crippen molar-refractivity contribution in [3.05, 3.63) is 0 Å². The van der Waals surface area contributed by atoms with E-state index < -0.39 is 17.7 Å². The van der Waals surface area contributed by atoms with E-state index in [0.717, 1.165) is 51.6 Å². The number of methoxy groups -OCH3 is 1. The normalized spacial score (nSPS) is 14.5. The molecule has 0 bridgehead atoms. The molecule has 3 atom stereocenters. The second kappa shape index (κ2) is 25.2. The Morgan fingerprint density at radius 1 is 0.529 bits per heavy atom. The van der Waals surface area contributed by atoms with E-state index in [-0.39, 0.29) is 40.4 Å². The molecule has 0 heterocycles. The van der Waals surface area contributed by atoms with Gasteiger partial charge in [-0.1, -0.05) is 12.8 Å². The summed E-state index contributed by atoms with van der Waals surface area (Å²) in [6.45, 7) is 23.8. The van der Waals surface area contributed by atoms with Gasteiger partial charge in [0.15, 0.2) is 0 Å². The SMILES string of the molecule is CNCCCCC(NC(C)(C)C)C(=O)NCCCCC(NC(=O)C(CCCCNC)NC(C)(C)C)C(=O)NCCC(C)(C)OCCC(C)(C)OC. The highest BCUT2D eigenvalue weighted by molar-refractivity contribution is 5.89. The number of rotatable bonds is 29. The lowest BCUT2D eigenvalue weighted by Gasteiger charge is -2.30. The monoisotopic (exact) mass is 728 g/mol. The first-order valence-electron chi connectivity index (χ1n) is 19.5. The number of unbranched alkanes of at least 4 members (excludes halogenated alkanes) is 3. The molecule has 3 unspecified atom stereocenters. The average Bonchev–Trinajstić information content (AvgIpc) is 3.01. The average molecular weight is 728 g/mol. The molecule has 0 aromatic heterocycles. The lowest BCUT2D eigenvalue weighted by atomic mass is 10.0. The number of hydrogen-bond acceptors (Lipinski definition) is 9. The molecule has 0 spiro atoms. The molecule has 7 N–H and O–H groups in total. The van der Waals surface area contributed by atoms with Gasteiger partial charge in [-0.25, -0.2) is 0 Å². The van der Waals surface area contributed by atoms with Crippen LogP contribution in [-0.2, 0) is 23.9 Å². The van der Waals surface area contributed by atoms with Crippen molar-refractivity contribution in [2.75, 3.05) is 54.0 Å². The Morgan fingerprint density at radius 2 is 0.961 bits per heavy atom. The summed E-state index contributed by atoms with van der Waals surface area (Å²) in [7, 11) is 5.57. The summed E-state index contributed by atoms with van der Waals surface area (Å²) in [5.41, 5.74) is -1.14. The second-order valence-electron chi connectivity index (χ2n) is 17.3. The minimum atomic E-state index is -0.691. The lowest BCUT2D eigenvalue weighted by molar-refractivity contribution is -0.130. The first-order chi connectivity index (χ1) is 23.6. The highest BCUT2D eigenvalue weighted by atomic mass is 16.5. The molecule has 0 aromatic rings. The zero-order valence-electron chi connectivity index (χ0n) is 35.1. The van der Waals surface area contributed by atoms with Gasteiger partial charge in [0.25, 0.3) is 0 Å². The van der Waals surface area contributed by atoms with Gasteiger partial charge in [0.2, 0.25) is 17.7 Å². The molecule has 0 rings (SSSR count). The fourth-order valence-electron chi connectivity index (χ4n) is 5.59. The first-order valence-corrected chi connectivity index (χ1v) is 19.5. The topological polar surface area (TPSA) is 154 Å². The van der Waals surface area contributed by atoms with Crippen molar-refractivity contribution in [1.29, 1.82) is 0 Å². The molecule has 3 amide bonds. The van der Waals surface area contributed by atoms with E-state index in [1.165, 1.54) is 0 Å². The van der Waals surface area contributed by atoms with Crippen LogP contribution in [0.5, 0.6) is 0 Å². The Kier molecular flexibility index (Phi) is 24.3. The summed E-state index contributed by atoms with van der Waals surface area (Å²) in [6.07, 6.45) is 8.47. The van der Waals surface area contributed by atoms with Crippen LogP contribution in [0.1, 0.15) is 140 Å².